The topological polar surface area (TPSA) is 42.1 Å². The molecule has 17 heavy (non-hydrogen) atoms. The van der Waals surface area contributed by atoms with Crippen LogP contribution in [0.2, 0.25) is 0 Å². The first kappa shape index (κ1) is 13.0. The van der Waals surface area contributed by atoms with Crippen molar-refractivity contribution in [1.82, 2.24) is 9.88 Å². The molecule has 1 saturated heterocycles. The van der Waals surface area contributed by atoms with Crippen LogP contribution in [-0.2, 0) is 0 Å². The fourth-order valence-electron chi connectivity index (χ4n) is 2.51. The summed E-state index contributed by atoms with van der Waals surface area (Å²) < 4.78 is 1.01. The molecule has 1 aliphatic heterocycles. The van der Waals surface area contributed by atoms with Gasteiger partial charge in [0.25, 0.3) is 0 Å². The monoisotopic (exact) mass is 297 g/mol. The molecule has 0 saturated carbocycles. The summed E-state index contributed by atoms with van der Waals surface area (Å²) >= 11 is 3.42. The Morgan fingerprint density at radius 2 is 2.12 bits per heavy atom. The number of hydrogen-bond donors (Lipinski definition) is 1. The Morgan fingerprint density at radius 3 is 2.65 bits per heavy atom. The second-order valence-corrected chi connectivity index (χ2v) is 6.58. The van der Waals surface area contributed by atoms with E-state index >= 15 is 0 Å². The van der Waals surface area contributed by atoms with Crippen LogP contribution in [-0.4, -0.2) is 28.0 Å². The largest absolute Gasteiger partial charge is 0.326 e. The van der Waals surface area contributed by atoms with Crippen LogP contribution in [0.5, 0.6) is 0 Å². The summed E-state index contributed by atoms with van der Waals surface area (Å²) in [7, 11) is 0. The van der Waals surface area contributed by atoms with E-state index in [9.17, 15) is 0 Å². The molecule has 94 valence electrons. The van der Waals surface area contributed by atoms with Gasteiger partial charge in [0.15, 0.2) is 0 Å². The van der Waals surface area contributed by atoms with Crippen LogP contribution in [0.3, 0.4) is 0 Å². The molecule has 2 N–H and O–H groups in total. The molecule has 2 heterocycles. The highest BCUT2D eigenvalue weighted by Crippen LogP contribution is 2.35. The normalized spacial score (nSPS) is 26.4. The molecule has 1 aromatic heterocycles. The maximum Gasteiger partial charge on any atom is 0.0678 e. The Hall–Kier alpha value is -0.450. The van der Waals surface area contributed by atoms with E-state index in [-0.39, 0.29) is 17.6 Å². The molecule has 0 amide bonds. The maximum atomic E-state index is 6.24. The fourth-order valence-corrected chi connectivity index (χ4v) is 2.74. The minimum Gasteiger partial charge on any atom is -0.326 e. The molecule has 0 aliphatic carbocycles. The Kier molecular flexibility index (Phi) is 3.57. The quantitative estimate of drug-likeness (QED) is 0.867. The molecule has 0 aromatic carbocycles. The fraction of sp³-hybridized carbons (Fsp3) is 0.615. The van der Waals surface area contributed by atoms with Gasteiger partial charge < -0.3 is 5.73 Å². The van der Waals surface area contributed by atoms with Crippen LogP contribution in [0.15, 0.2) is 22.8 Å². The van der Waals surface area contributed by atoms with Gasteiger partial charge in [0.2, 0.25) is 0 Å². The first-order valence-electron chi connectivity index (χ1n) is 6.03. The number of hydrogen-bond acceptors (Lipinski definition) is 3. The van der Waals surface area contributed by atoms with Gasteiger partial charge in [-0.1, -0.05) is 0 Å². The van der Waals surface area contributed by atoms with Gasteiger partial charge in [-0.3, -0.25) is 9.88 Å². The van der Waals surface area contributed by atoms with Crippen molar-refractivity contribution in [2.75, 3.05) is 6.54 Å². The Bertz CT molecular complexity index is 383. The van der Waals surface area contributed by atoms with Gasteiger partial charge in [-0.2, -0.15) is 0 Å². The molecule has 2 rings (SSSR count). The standard InChI is InChI=1S/C13H20BrN3/c1-13(2,3)17-7-6-10(15)12(17)11-5-4-9(14)8-16-11/h4-5,8,10,12H,6-7,15H2,1-3H3. The third-order valence-electron chi connectivity index (χ3n) is 3.36. The van der Waals surface area contributed by atoms with E-state index in [1.54, 1.807) is 0 Å². The van der Waals surface area contributed by atoms with E-state index in [1.807, 2.05) is 12.3 Å². The summed E-state index contributed by atoms with van der Waals surface area (Å²) in [5, 5.41) is 0. The van der Waals surface area contributed by atoms with E-state index in [4.69, 9.17) is 5.73 Å². The molecular formula is C13H20BrN3. The highest BCUT2D eigenvalue weighted by molar-refractivity contribution is 9.10. The van der Waals surface area contributed by atoms with Crippen molar-refractivity contribution < 1.29 is 0 Å². The summed E-state index contributed by atoms with van der Waals surface area (Å²) in [5.74, 6) is 0. The van der Waals surface area contributed by atoms with E-state index in [0.29, 0.717) is 0 Å². The van der Waals surface area contributed by atoms with Gasteiger partial charge in [-0.05, 0) is 55.3 Å². The summed E-state index contributed by atoms with van der Waals surface area (Å²) in [5.41, 5.74) is 7.45. The second-order valence-electron chi connectivity index (χ2n) is 5.66. The predicted octanol–water partition coefficient (Wildman–Crippen LogP) is 2.72. The van der Waals surface area contributed by atoms with Crippen molar-refractivity contribution in [3.05, 3.63) is 28.5 Å². The number of pyridine rings is 1. The first-order chi connectivity index (χ1) is 7.89. The van der Waals surface area contributed by atoms with Gasteiger partial charge >= 0.3 is 0 Å². The van der Waals surface area contributed by atoms with Crippen LogP contribution < -0.4 is 5.73 Å². The van der Waals surface area contributed by atoms with Gasteiger partial charge in [0.1, 0.15) is 0 Å². The van der Waals surface area contributed by atoms with Crippen molar-refractivity contribution in [3.8, 4) is 0 Å². The zero-order valence-electron chi connectivity index (χ0n) is 10.7. The lowest BCUT2D eigenvalue weighted by atomic mass is 10.0. The summed E-state index contributed by atoms with van der Waals surface area (Å²) in [6.07, 6.45) is 2.89. The number of nitrogens with two attached hydrogens (primary N) is 1. The third kappa shape index (κ3) is 2.69. The molecule has 2 atom stereocenters. The molecule has 3 nitrogen and oxygen atoms in total. The van der Waals surface area contributed by atoms with Crippen molar-refractivity contribution in [2.24, 2.45) is 5.73 Å². The number of rotatable bonds is 1. The molecule has 0 bridgehead atoms. The minimum atomic E-state index is 0.132. The molecular weight excluding hydrogens is 278 g/mol. The van der Waals surface area contributed by atoms with E-state index in [2.05, 4.69) is 52.7 Å². The average molecular weight is 298 g/mol. The van der Waals surface area contributed by atoms with Gasteiger partial charge in [-0.25, -0.2) is 0 Å². The van der Waals surface area contributed by atoms with Gasteiger partial charge in [-0.15, -0.1) is 0 Å². The highest BCUT2D eigenvalue weighted by atomic mass is 79.9. The molecule has 0 radical (unpaired) electrons. The predicted molar refractivity (Wildman–Crippen MR) is 73.7 cm³/mol. The molecule has 2 unspecified atom stereocenters. The third-order valence-corrected chi connectivity index (χ3v) is 3.83. The molecule has 4 heteroatoms. The number of halogens is 1. The van der Waals surface area contributed by atoms with E-state index < -0.39 is 0 Å². The molecule has 1 aromatic rings. The number of aromatic nitrogens is 1. The molecule has 1 fully saturated rings. The van der Waals surface area contributed by atoms with Crippen LogP contribution in [0.1, 0.15) is 38.9 Å². The number of nitrogens with zero attached hydrogens (tertiary/aromatic N) is 2. The lowest BCUT2D eigenvalue weighted by Gasteiger charge is -2.37. The SMILES string of the molecule is CC(C)(C)N1CCC(N)C1c1ccc(Br)cn1. The first-order valence-corrected chi connectivity index (χ1v) is 6.82. The summed E-state index contributed by atoms with van der Waals surface area (Å²) in [6.45, 7) is 7.75. The van der Waals surface area contributed by atoms with E-state index in [0.717, 1.165) is 23.1 Å². The average Bonchev–Trinajstić information content (AvgIpc) is 2.61. The van der Waals surface area contributed by atoms with Crippen LogP contribution in [0.25, 0.3) is 0 Å². The maximum absolute atomic E-state index is 6.24. The smallest absolute Gasteiger partial charge is 0.0678 e. The second kappa shape index (κ2) is 4.67. The number of likely N-dealkylation sites (tertiary alicyclic amines) is 1. The van der Waals surface area contributed by atoms with Crippen LogP contribution in [0, 0.1) is 0 Å². The zero-order chi connectivity index (χ0) is 12.6. The lowest BCUT2D eigenvalue weighted by Crippen LogP contribution is -2.43. The molecule has 1 aliphatic rings. The summed E-state index contributed by atoms with van der Waals surface area (Å²) in [6, 6.07) is 4.53. The van der Waals surface area contributed by atoms with Crippen LogP contribution in [0.4, 0.5) is 0 Å². The van der Waals surface area contributed by atoms with Crippen molar-refractivity contribution in [1.29, 1.82) is 0 Å². The van der Waals surface area contributed by atoms with Crippen molar-refractivity contribution in [2.45, 2.75) is 44.8 Å². The Labute approximate surface area is 112 Å². The summed E-state index contributed by atoms with van der Waals surface area (Å²) in [4.78, 5) is 6.96. The van der Waals surface area contributed by atoms with E-state index in [1.165, 1.54) is 0 Å². The Morgan fingerprint density at radius 1 is 1.41 bits per heavy atom. The lowest BCUT2D eigenvalue weighted by molar-refractivity contribution is 0.114. The van der Waals surface area contributed by atoms with Crippen molar-refractivity contribution >= 4 is 15.9 Å². The zero-order valence-corrected chi connectivity index (χ0v) is 12.2. The minimum absolute atomic E-state index is 0.132. The van der Waals surface area contributed by atoms with Gasteiger partial charge in [0, 0.05) is 28.8 Å². The highest BCUT2D eigenvalue weighted by Gasteiger charge is 2.39. The Balaban J connectivity index is 2.31. The van der Waals surface area contributed by atoms with Crippen molar-refractivity contribution in [3.63, 3.8) is 0 Å². The van der Waals surface area contributed by atoms with Gasteiger partial charge in [0.05, 0.1) is 11.7 Å². The van der Waals surface area contributed by atoms with Crippen LogP contribution >= 0.6 is 15.9 Å². The molecule has 0 spiro atoms.